The van der Waals surface area contributed by atoms with E-state index in [0.29, 0.717) is 32.8 Å². The molecule has 58 heavy (non-hydrogen) atoms. The topological polar surface area (TPSA) is 129 Å². The third kappa shape index (κ3) is 8.22. The van der Waals surface area contributed by atoms with E-state index >= 15 is 8.78 Å². The number of carbonyl (C=O) groups is 1. The van der Waals surface area contributed by atoms with E-state index < -0.39 is 92.8 Å². The Kier molecular flexibility index (Phi) is 11.0. The largest absolute Gasteiger partial charge is 0.435 e. The van der Waals surface area contributed by atoms with Gasteiger partial charge in [0, 0.05) is 59.7 Å². The molecule has 3 atom stereocenters. The Labute approximate surface area is 331 Å². The average Bonchev–Trinajstić information content (AvgIpc) is 3.65. The lowest BCUT2D eigenvalue weighted by molar-refractivity contribution is -0.142. The Bertz CT molecular complexity index is 2610. The zero-order chi connectivity index (χ0) is 41.9. The first-order valence-corrected chi connectivity index (χ1v) is 20.2. The third-order valence-electron chi connectivity index (χ3n) is 10.0. The number of alkyl halides is 5. The van der Waals surface area contributed by atoms with Gasteiger partial charge in [-0.3, -0.25) is 14.2 Å². The Morgan fingerprint density at radius 1 is 1.10 bits per heavy atom. The van der Waals surface area contributed by atoms with Gasteiger partial charge in [0.25, 0.3) is 5.92 Å². The van der Waals surface area contributed by atoms with Gasteiger partial charge in [0.1, 0.15) is 36.2 Å². The van der Waals surface area contributed by atoms with Gasteiger partial charge in [0.15, 0.2) is 21.3 Å². The maximum Gasteiger partial charge on any atom is 0.435 e. The third-order valence-corrected chi connectivity index (χ3v) is 11.2. The van der Waals surface area contributed by atoms with E-state index in [-0.39, 0.29) is 60.3 Å². The molecule has 0 bridgehead atoms. The lowest BCUT2D eigenvalue weighted by atomic mass is 9.86. The molecular formula is C39H33ClF7N5O5S. The molecule has 5 aromatic rings. The highest BCUT2D eigenvalue weighted by atomic mass is 35.5. The number of ketones is 1. The summed E-state index contributed by atoms with van der Waals surface area (Å²) in [7, 11) is -2.04. The Balaban J connectivity index is 1.37. The van der Waals surface area contributed by atoms with E-state index in [1.165, 1.54) is 16.8 Å². The van der Waals surface area contributed by atoms with Gasteiger partial charge < -0.3 is 9.84 Å². The lowest BCUT2D eigenvalue weighted by Crippen LogP contribution is -2.24. The van der Waals surface area contributed by atoms with Crippen molar-refractivity contribution in [3.63, 3.8) is 0 Å². The summed E-state index contributed by atoms with van der Waals surface area (Å²) in [6.45, 7) is -1.31. The van der Waals surface area contributed by atoms with E-state index in [9.17, 15) is 35.2 Å². The summed E-state index contributed by atoms with van der Waals surface area (Å²) >= 11 is 6.61. The van der Waals surface area contributed by atoms with Crippen molar-refractivity contribution in [1.29, 1.82) is 0 Å². The lowest BCUT2D eigenvalue weighted by Gasteiger charge is -2.21. The molecule has 10 nitrogen and oxygen atoms in total. The van der Waals surface area contributed by atoms with Gasteiger partial charge >= 0.3 is 6.18 Å². The van der Waals surface area contributed by atoms with Crippen LogP contribution in [0.2, 0.25) is 5.02 Å². The highest BCUT2D eigenvalue weighted by Crippen LogP contribution is 2.68. The molecule has 0 amide bonds. The van der Waals surface area contributed by atoms with Crippen LogP contribution in [0.3, 0.4) is 0 Å². The fourth-order valence-corrected chi connectivity index (χ4v) is 8.76. The second kappa shape index (κ2) is 15.4. The number of sulfone groups is 1. The van der Waals surface area contributed by atoms with Crippen molar-refractivity contribution < 1.29 is 53.8 Å². The van der Waals surface area contributed by atoms with Crippen molar-refractivity contribution in [3.8, 4) is 23.0 Å². The fraction of sp³-hybridized carbons (Fsp3) is 0.385. The van der Waals surface area contributed by atoms with Gasteiger partial charge in [-0.2, -0.15) is 32.1 Å². The quantitative estimate of drug-likeness (QED) is 0.0772. The van der Waals surface area contributed by atoms with E-state index in [1.54, 1.807) is 19.2 Å². The number of pyridine rings is 1. The maximum atomic E-state index is 15.4. The summed E-state index contributed by atoms with van der Waals surface area (Å²) in [5.41, 5.74) is -1.50. The summed E-state index contributed by atoms with van der Waals surface area (Å²) < 4.78 is 134. The minimum absolute atomic E-state index is 0.0103. The number of nitrogens with zero attached hydrogens (tertiary/aromatic N) is 5. The number of Topliss-reactive ketones (excluding diaryl/α,β-unsaturated/α-hetero) is 1. The molecule has 0 unspecified atom stereocenters. The van der Waals surface area contributed by atoms with E-state index in [0.717, 1.165) is 18.4 Å². The van der Waals surface area contributed by atoms with Crippen LogP contribution in [-0.2, 0) is 57.2 Å². The van der Waals surface area contributed by atoms with Crippen LogP contribution in [0, 0.1) is 29.4 Å². The molecular weight excluding hydrogens is 819 g/mol. The number of hydrogen-bond acceptors (Lipinski definition) is 8. The van der Waals surface area contributed by atoms with Crippen molar-refractivity contribution in [3.05, 3.63) is 98.7 Å². The average molecular weight is 852 g/mol. The SMILES string of the molecule is Cn1nc(CS(C)(=O)=O)c2c(Cl)ccc(-c3ccc(C#CCOCCO)nc3[C@@H](CC(=O)Cn3nc(C(F)(F)F)c4c3C(F)(F)[C@@H]3C[C@H]43)Cc3cc(F)cc(F)c3)c21. The molecule has 0 spiro atoms. The number of benzene rings is 2. The number of aryl methyl sites for hydroxylation is 1. The van der Waals surface area contributed by atoms with Gasteiger partial charge in [0.2, 0.25) is 0 Å². The second-order valence-electron chi connectivity index (χ2n) is 14.4. The van der Waals surface area contributed by atoms with E-state index in [1.807, 2.05) is 0 Å². The van der Waals surface area contributed by atoms with Crippen molar-refractivity contribution in [1.82, 2.24) is 24.5 Å². The van der Waals surface area contributed by atoms with Crippen LogP contribution in [0.5, 0.6) is 0 Å². The van der Waals surface area contributed by atoms with Gasteiger partial charge in [-0.05, 0) is 60.6 Å². The standard InChI is InChI=1S/C39H33ClF7N5O5S/c1-51-35-27(7-8-30(40)33(35)31(49-51)19-58(2,55)56)26-6-5-24(4-3-10-57-11-9-53)48-34(26)21(12-20-13-22(41)16-23(42)14-20)15-25(54)18-52-37-32(36(50-52)39(45,46)47)28-17-29(28)38(37,43)44/h5-8,13-14,16,21,28-29,53H,9-12,15,17-19H2,1-2H3/t21-,28+,29-/m1/s1. The number of hydrogen-bond donors (Lipinski definition) is 1. The molecule has 3 aromatic heterocycles. The maximum absolute atomic E-state index is 15.4. The van der Waals surface area contributed by atoms with Crippen molar-refractivity contribution in [2.75, 3.05) is 26.1 Å². The molecule has 0 aliphatic heterocycles. The Morgan fingerprint density at radius 2 is 1.81 bits per heavy atom. The van der Waals surface area contributed by atoms with Gasteiger partial charge in [-0.25, -0.2) is 22.2 Å². The van der Waals surface area contributed by atoms with Crippen LogP contribution < -0.4 is 0 Å². The number of aromatic nitrogens is 5. The molecule has 2 aliphatic carbocycles. The number of halogens is 8. The monoisotopic (exact) mass is 851 g/mol. The Morgan fingerprint density at radius 3 is 2.48 bits per heavy atom. The number of aliphatic hydroxyl groups is 1. The summed E-state index contributed by atoms with van der Waals surface area (Å²) in [5.74, 6) is -4.73. The van der Waals surface area contributed by atoms with Crippen LogP contribution in [0.25, 0.3) is 22.0 Å². The number of ether oxygens (including phenoxy) is 1. The highest BCUT2D eigenvalue weighted by Gasteiger charge is 2.68. The minimum Gasteiger partial charge on any atom is -0.394 e. The molecule has 1 N–H and O–H groups in total. The van der Waals surface area contributed by atoms with Crippen LogP contribution in [0.1, 0.15) is 64.3 Å². The summed E-state index contributed by atoms with van der Waals surface area (Å²) in [5, 5.41) is 17.4. The Hall–Kier alpha value is -4.83. The molecule has 3 heterocycles. The van der Waals surface area contributed by atoms with Crippen LogP contribution in [0.4, 0.5) is 30.7 Å². The van der Waals surface area contributed by atoms with Gasteiger partial charge in [-0.1, -0.05) is 23.6 Å². The van der Waals surface area contributed by atoms with Gasteiger partial charge in [0.05, 0.1) is 40.9 Å². The van der Waals surface area contributed by atoms with Crippen molar-refractivity contribution >= 4 is 38.1 Å². The smallest absolute Gasteiger partial charge is 0.394 e. The first-order chi connectivity index (χ1) is 27.3. The molecule has 0 saturated heterocycles. The molecule has 19 heteroatoms. The molecule has 2 aliphatic rings. The first kappa shape index (κ1) is 41.3. The highest BCUT2D eigenvalue weighted by molar-refractivity contribution is 7.89. The summed E-state index contributed by atoms with van der Waals surface area (Å²) in [6, 6.07) is 8.95. The number of fused-ring (bicyclic) bond motifs is 4. The molecule has 306 valence electrons. The second-order valence-corrected chi connectivity index (χ2v) is 17.0. The molecule has 2 aromatic carbocycles. The van der Waals surface area contributed by atoms with Crippen LogP contribution >= 0.6 is 11.6 Å². The minimum atomic E-state index is -5.06. The predicted molar refractivity (Wildman–Crippen MR) is 197 cm³/mol. The molecule has 1 saturated carbocycles. The summed E-state index contributed by atoms with van der Waals surface area (Å²) in [6.07, 6.45) is -5.02. The van der Waals surface area contributed by atoms with Gasteiger partial charge in [-0.15, -0.1) is 0 Å². The van der Waals surface area contributed by atoms with Crippen LogP contribution in [0.15, 0.2) is 42.5 Å². The molecule has 7 rings (SSSR count). The van der Waals surface area contributed by atoms with Crippen molar-refractivity contribution in [2.24, 2.45) is 13.0 Å². The first-order valence-electron chi connectivity index (χ1n) is 17.8. The fourth-order valence-electron chi connectivity index (χ4n) is 7.80. The van der Waals surface area contributed by atoms with Crippen LogP contribution in [-0.4, -0.2) is 69.9 Å². The summed E-state index contributed by atoms with van der Waals surface area (Å²) in [4.78, 5) is 18.8. The molecule has 1 fully saturated rings. The molecule has 0 radical (unpaired) electrons. The zero-order valence-electron chi connectivity index (χ0n) is 30.7. The predicted octanol–water partition coefficient (Wildman–Crippen LogP) is 6.88. The van der Waals surface area contributed by atoms with Crippen molar-refractivity contribution in [2.45, 2.75) is 55.5 Å². The normalized spacial score (nSPS) is 17.5. The number of carbonyl (C=O) groups excluding carboxylic acids is 1. The van der Waals surface area contributed by atoms with E-state index in [2.05, 4.69) is 22.0 Å². The zero-order valence-corrected chi connectivity index (χ0v) is 32.3. The number of rotatable bonds is 13. The number of aliphatic hydroxyl groups excluding tert-OH is 1. The van der Waals surface area contributed by atoms with E-state index in [4.69, 9.17) is 26.4 Å².